The summed E-state index contributed by atoms with van der Waals surface area (Å²) in [6.07, 6.45) is 1.94. The summed E-state index contributed by atoms with van der Waals surface area (Å²) in [6, 6.07) is 13.5. The second-order valence-electron chi connectivity index (χ2n) is 14.2. The summed E-state index contributed by atoms with van der Waals surface area (Å²) in [5.74, 6) is -2.03. The fourth-order valence-electron chi connectivity index (χ4n) is 5.72. The number of nitriles is 2. The van der Waals surface area contributed by atoms with Gasteiger partial charge in [0.25, 0.3) is 0 Å². The number of aromatic nitrogens is 2. The number of oxazole rings is 1. The molecule has 4 rings (SSSR count). The highest BCUT2D eigenvalue weighted by Crippen LogP contribution is 2.37. The molecule has 5 unspecified atom stereocenters. The molecule has 0 aliphatic carbocycles. The lowest BCUT2D eigenvalue weighted by molar-refractivity contribution is -0.163. The lowest BCUT2D eigenvalue weighted by Gasteiger charge is -2.23. The van der Waals surface area contributed by atoms with Crippen molar-refractivity contribution in [2.75, 3.05) is 32.0 Å². The van der Waals surface area contributed by atoms with E-state index in [-0.39, 0.29) is 45.6 Å². The molecule has 2 heterocycles. The quantitative estimate of drug-likeness (QED) is 0.0415. The first-order valence-corrected chi connectivity index (χ1v) is 21.1. The minimum atomic E-state index is -1.21. The van der Waals surface area contributed by atoms with Crippen LogP contribution in [0.4, 0.5) is 5.82 Å². The Morgan fingerprint density at radius 1 is 0.825 bits per heavy atom. The zero-order valence-corrected chi connectivity index (χ0v) is 36.2. The molecule has 0 spiro atoms. The fourth-order valence-corrected chi connectivity index (χ4v) is 6.72. The number of nitrogens with two attached hydrogens (primary N) is 5. The van der Waals surface area contributed by atoms with Gasteiger partial charge in [-0.25, -0.2) is 19.6 Å². The molecule has 334 valence electrons. The summed E-state index contributed by atoms with van der Waals surface area (Å²) < 4.78 is 22.6. The molecule has 12 N–H and O–H groups in total. The van der Waals surface area contributed by atoms with Gasteiger partial charge in [-0.1, -0.05) is 35.5 Å². The van der Waals surface area contributed by atoms with Crippen molar-refractivity contribution in [2.45, 2.75) is 80.6 Å². The van der Waals surface area contributed by atoms with E-state index in [0.717, 1.165) is 5.56 Å². The number of nitrogens with one attached hydrogen (secondary N) is 2. The summed E-state index contributed by atoms with van der Waals surface area (Å²) in [4.78, 5) is 59.9. The van der Waals surface area contributed by atoms with Gasteiger partial charge in [0.2, 0.25) is 17.7 Å². The zero-order chi connectivity index (χ0) is 46.1. The van der Waals surface area contributed by atoms with E-state index in [1.54, 1.807) is 48.5 Å². The van der Waals surface area contributed by atoms with Gasteiger partial charge in [0, 0.05) is 21.9 Å². The molecule has 0 saturated carbocycles. The Labute approximate surface area is 373 Å². The van der Waals surface area contributed by atoms with Crippen LogP contribution in [-0.2, 0) is 34.4 Å². The summed E-state index contributed by atoms with van der Waals surface area (Å²) in [5, 5.41) is 26.2. The van der Waals surface area contributed by atoms with Crippen molar-refractivity contribution in [3.05, 3.63) is 76.6 Å². The van der Waals surface area contributed by atoms with E-state index in [4.69, 9.17) is 58.9 Å². The van der Waals surface area contributed by atoms with Gasteiger partial charge in [-0.05, 0) is 94.6 Å². The summed E-state index contributed by atoms with van der Waals surface area (Å²) in [6.45, 7) is 2.66. The number of pyridine rings is 1. The van der Waals surface area contributed by atoms with Crippen LogP contribution in [0.2, 0.25) is 5.02 Å². The summed E-state index contributed by atoms with van der Waals surface area (Å²) >= 11 is 7.19. The van der Waals surface area contributed by atoms with Crippen LogP contribution in [0.1, 0.15) is 56.4 Å². The van der Waals surface area contributed by atoms with E-state index in [9.17, 15) is 29.7 Å². The third-order valence-electron chi connectivity index (χ3n) is 9.23. The van der Waals surface area contributed by atoms with Crippen molar-refractivity contribution in [3.8, 4) is 40.5 Å². The number of hydrogen-bond acceptors (Lipinski definition) is 18. The number of anilines is 1. The van der Waals surface area contributed by atoms with Crippen LogP contribution in [0.15, 0.2) is 64.2 Å². The largest absolute Gasteiger partial charge is 0.490 e. The van der Waals surface area contributed by atoms with Crippen molar-refractivity contribution >= 4 is 52.9 Å². The molecule has 0 aliphatic rings. The van der Waals surface area contributed by atoms with Crippen molar-refractivity contribution < 1.29 is 37.8 Å². The Morgan fingerprint density at radius 2 is 1.40 bits per heavy atom. The number of amides is 2. The summed E-state index contributed by atoms with van der Waals surface area (Å²) in [5.41, 5.74) is 31.1. The van der Waals surface area contributed by atoms with Gasteiger partial charge < -0.3 is 57.9 Å². The predicted molar refractivity (Wildman–Crippen MR) is 234 cm³/mol. The van der Waals surface area contributed by atoms with Crippen LogP contribution >= 0.6 is 23.4 Å². The second kappa shape index (κ2) is 24.4. The maximum Gasteiger partial charge on any atom is 0.328 e. The molecule has 2 amide bonds. The lowest BCUT2D eigenvalue weighted by atomic mass is 9.97. The number of carbonyl (C=O) groups is 4. The number of nitrogen functional groups attached to an aromatic ring is 1. The topological polar surface area (TPSA) is 337 Å². The molecule has 5 atom stereocenters. The van der Waals surface area contributed by atoms with E-state index in [0.29, 0.717) is 60.9 Å². The number of ether oxygens (including phenoxy) is 3. The molecule has 0 fully saturated rings. The normalized spacial score (nSPS) is 13.3. The molecule has 63 heavy (non-hydrogen) atoms. The van der Waals surface area contributed by atoms with Crippen LogP contribution in [-0.4, -0.2) is 90.3 Å². The standard InChI is InChI=1S/C42H50ClN11O8S/c1-23(51-37(55)33(48)5-3-15-44)41(57)61-21-30(62-42(58)24(2)52-38(56)34(49)6-4-16-45)20-59-29-13-9-25(10-14-29)35-31(17-46)36(50)54-40(32(35)18-47)63-22-28-19-60-39(53-28)26-7-11-27(43)12-8-26/h7-14,19,23-24,30,33-34H,3-6,15-16,20-22,44-45,48-49H2,1-2H3,(H2,50,54)(H,51,55)(H,52,56). The number of benzene rings is 2. The third kappa shape index (κ3) is 14.4. The van der Waals surface area contributed by atoms with Gasteiger partial charge in [-0.2, -0.15) is 10.5 Å². The van der Waals surface area contributed by atoms with Crippen LogP contribution < -0.4 is 44.0 Å². The highest BCUT2D eigenvalue weighted by molar-refractivity contribution is 7.98. The molecule has 2 aromatic heterocycles. The Bertz CT molecular complexity index is 2280. The van der Waals surface area contributed by atoms with E-state index >= 15 is 0 Å². The number of thioether (sulfide) groups is 1. The molecule has 2 aromatic carbocycles. The number of nitrogens with zero attached hydrogens (tertiary/aromatic N) is 4. The minimum Gasteiger partial charge on any atom is -0.490 e. The predicted octanol–water partition coefficient (Wildman–Crippen LogP) is 2.65. The molecule has 0 saturated heterocycles. The first kappa shape index (κ1) is 49.4. The average molecular weight is 904 g/mol. The Hall–Kier alpha value is -6.26. The second-order valence-corrected chi connectivity index (χ2v) is 15.6. The van der Waals surface area contributed by atoms with Crippen LogP contribution in [0.5, 0.6) is 5.75 Å². The number of rotatable bonds is 23. The number of esters is 2. The smallest absolute Gasteiger partial charge is 0.328 e. The van der Waals surface area contributed by atoms with Gasteiger partial charge in [0.05, 0.1) is 23.3 Å². The van der Waals surface area contributed by atoms with Gasteiger partial charge in [0.15, 0.2) is 6.10 Å². The zero-order valence-electron chi connectivity index (χ0n) is 34.7. The molecule has 0 aliphatic heterocycles. The third-order valence-corrected chi connectivity index (χ3v) is 10.5. The van der Waals surface area contributed by atoms with Crippen LogP contribution in [0.3, 0.4) is 0 Å². The molecule has 0 radical (unpaired) electrons. The SMILES string of the molecule is CC(NC(=O)C(N)CCCN)C(=O)OCC(COc1ccc(-c2c(C#N)c(N)nc(SCc3coc(-c4ccc(Cl)cc4)n3)c2C#N)cc1)OC(=O)C(C)NC(=O)C(N)CCCN. The Balaban J connectivity index is 1.49. The first-order chi connectivity index (χ1) is 30.2. The van der Waals surface area contributed by atoms with Crippen molar-refractivity contribution in [1.82, 2.24) is 20.6 Å². The molecular weight excluding hydrogens is 854 g/mol. The highest BCUT2D eigenvalue weighted by Gasteiger charge is 2.28. The monoisotopic (exact) mass is 903 g/mol. The maximum absolute atomic E-state index is 13.1. The number of hydrogen-bond donors (Lipinski definition) is 7. The van der Waals surface area contributed by atoms with Crippen LogP contribution in [0, 0.1) is 22.7 Å². The van der Waals surface area contributed by atoms with Gasteiger partial charge in [0.1, 0.15) is 65.9 Å². The van der Waals surface area contributed by atoms with Gasteiger partial charge >= 0.3 is 11.9 Å². The first-order valence-electron chi connectivity index (χ1n) is 19.8. The highest BCUT2D eigenvalue weighted by atomic mass is 35.5. The van der Waals surface area contributed by atoms with Crippen LogP contribution in [0.25, 0.3) is 22.6 Å². The maximum atomic E-state index is 13.1. The number of carbonyl (C=O) groups excluding carboxylic acids is 4. The number of halogens is 1. The fraction of sp³-hybridized carbons (Fsp3) is 0.381. The van der Waals surface area contributed by atoms with E-state index in [1.165, 1.54) is 31.9 Å². The van der Waals surface area contributed by atoms with Crippen molar-refractivity contribution in [1.29, 1.82) is 10.5 Å². The molecular formula is C42H50ClN11O8S. The lowest BCUT2D eigenvalue weighted by Crippen LogP contribution is -2.49. The van der Waals surface area contributed by atoms with E-state index in [2.05, 4.69) is 26.7 Å². The summed E-state index contributed by atoms with van der Waals surface area (Å²) in [7, 11) is 0. The molecule has 21 heteroatoms. The molecule has 19 nitrogen and oxygen atoms in total. The minimum absolute atomic E-state index is 0.00525. The molecule has 4 aromatic rings. The van der Waals surface area contributed by atoms with Crippen molar-refractivity contribution in [2.24, 2.45) is 22.9 Å². The van der Waals surface area contributed by atoms with Crippen molar-refractivity contribution in [3.63, 3.8) is 0 Å². The van der Waals surface area contributed by atoms with E-state index < -0.39 is 60.6 Å². The van der Waals surface area contributed by atoms with Gasteiger partial charge in [-0.15, -0.1) is 0 Å². The average Bonchev–Trinajstić information content (AvgIpc) is 3.76. The van der Waals surface area contributed by atoms with E-state index in [1.807, 2.05) is 6.07 Å². The Morgan fingerprint density at radius 3 is 1.97 bits per heavy atom. The molecule has 0 bridgehead atoms. The Kier molecular flexibility index (Phi) is 19.1. The van der Waals surface area contributed by atoms with Gasteiger partial charge in [-0.3, -0.25) is 9.59 Å².